The molecule has 2 nitrogen and oxygen atoms in total. The zero-order valence-corrected chi connectivity index (χ0v) is 9.27. The highest BCUT2D eigenvalue weighted by Gasteiger charge is 2.20. The molecule has 1 aromatic carbocycles. The quantitative estimate of drug-likeness (QED) is 0.817. The van der Waals surface area contributed by atoms with Crippen molar-refractivity contribution in [2.24, 2.45) is 5.92 Å². The summed E-state index contributed by atoms with van der Waals surface area (Å²) in [6, 6.07) is 9.86. The fourth-order valence-electron chi connectivity index (χ4n) is 1.74. The van der Waals surface area contributed by atoms with E-state index in [2.05, 4.69) is 6.07 Å². The van der Waals surface area contributed by atoms with E-state index in [4.69, 9.17) is 5.26 Å². The fourth-order valence-corrected chi connectivity index (χ4v) is 1.74. The Morgan fingerprint density at radius 3 is 2.60 bits per heavy atom. The first kappa shape index (κ1) is 11.7. The van der Waals surface area contributed by atoms with Crippen molar-refractivity contribution in [1.29, 1.82) is 5.26 Å². The molecular formula is C13H17NO. The van der Waals surface area contributed by atoms with E-state index >= 15 is 0 Å². The smallest absolute Gasteiger partial charge is 0.0950 e. The van der Waals surface area contributed by atoms with Gasteiger partial charge in [0.25, 0.3) is 0 Å². The molecule has 80 valence electrons. The topological polar surface area (TPSA) is 44.0 Å². The summed E-state index contributed by atoms with van der Waals surface area (Å²) in [5.41, 5.74) is 1.92. The summed E-state index contributed by atoms with van der Waals surface area (Å²) in [6.07, 6.45) is 1.00. The summed E-state index contributed by atoms with van der Waals surface area (Å²) >= 11 is 0. The van der Waals surface area contributed by atoms with Crippen LogP contribution in [0.3, 0.4) is 0 Å². The molecule has 0 aliphatic carbocycles. The molecule has 0 spiro atoms. The minimum absolute atomic E-state index is 0.295. The molecule has 0 aliphatic rings. The van der Waals surface area contributed by atoms with Crippen molar-refractivity contribution in [3.05, 3.63) is 35.4 Å². The molecule has 1 N–H and O–H groups in total. The number of benzene rings is 1. The van der Waals surface area contributed by atoms with Gasteiger partial charge in [0.15, 0.2) is 0 Å². The van der Waals surface area contributed by atoms with Gasteiger partial charge < -0.3 is 5.11 Å². The summed E-state index contributed by atoms with van der Waals surface area (Å²) in [4.78, 5) is 0. The molecule has 0 bridgehead atoms. The maximum Gasteiger partial charge on any atom is 0.0950 e. The van der Waals surface area contributed by atoms with Crippen LogP contribution in [0, 0.1) is 24.2 Å². The number of aliphatic hydroxyl groups is 1. The van der Waals surface area contributed by atoms with Gasteiger partial charge in [-0.25, -0.2) is 0 Å². The molecule has 0 heterocycles. The average molecular weight is 203 g/mol. The van der Waals surface area contributed by atoms with Crippen LogP contribution in [-0.4, -0.2) is 5.11 Å². The van der Waals surface area contributed by atoms with E-state index in [1.165, 1.54) is 0 Å². The van der Waals surface area contributed by atoms with Crippen molar-refractivity contribution in [1.82, 2.24) is 0 Å². The van der Waals surface area contributed by atoms with Crippen LogP contribution in [0.2, 0.25) is 0 Å². The molecule has 2 atom stereocenters. The summed E-state index contributed by atoms with van der Waals surface area (Å²) in [5.74, 6) is -0.295. The van der Waals surface area contributed by atoms with Gasteiger partial charge in [0.05, 0.1) is 18.1 Å². The normalized spacial score (nSPS) is 14.3. The highest BCUT2D eigenvalue weighted by Crippen LogP contribution is 2.27. The average Bonchev–Trinajstić information content (AvgIpc) is 2.25. The lowest BCUT2D eigenvalue weighted by Gasteiger charge is -2.18. The maximum absolute atomic E-state index is 10.1. The van der Waals surface area contributed by atoms with Crippen molar-refractivity contribution in [2.45, 2.75) is 32.8 Å². The van der Waals surface area contributed by atoms with E-state index in [1.54, 1.807) is 0 Å². The second kappa shape index (κ2) is 5.53. The Bertz CT molecular complexity index is 354. The van der Waals surface area contributed by atoms with Crippen molar-refractivity contribution < 1.29 is 5.11 Å². The standard InChI is InChI=1S/C13H17NO/c1-3-6-11(9-14)13(15)12-8-5-4-7-10(12)2/h4-5,7-8,11,13,15H,3,6H2,1-2H3. The largest absolute Gasteiger partial charge is 0.387 e. The van der Waals surface area contributed by atoms with Gasteiger partial charge in [0.2, 0.25) is 0 Å². The van der Waals surface area contributed by atoms with Gasteiger partial charge in [0.1, 0.15) is 0 Å². The summed E-state index contributed by atoms with van der Waals surface area (Å²) < 4.78 is 0. The number of rotatable bonds is 4. The fraction of sp³-hybridized carbons (Fsp3) is 0.462. The van der Waals surface area contributed by atoms with E-state index < -0.39 is 6.10 Å². The zero-order chi connectivity index (χ0) is 11.3. The van der Waals surface area contributed by atoms with Gasteiger partial charge >= 0.3 is 0 Å². The van der Waals surface area contributed by atoms with E-state index in [-0.39, 0.29) is 5.92 Å². The molecule has 2 unspecified atom stereocenters. The number of nitriles is 1. The van der Waals surface area contributed by atoms with Crippen LogP contribution in [0.15, 0.2) is 24.3 Å². The van der Waals surface area contributed by atoms with Crippen LogP contribution < -0.4 is 0 Å². The number of aryl methyl sites for hydroxylation is 1. The number of nitrogens with zero attached hydrogens (tertiary/aromatic N) is 1. The Balaban J connectivity index is 2.88. The summed E-state index contributed by atoms with van der Waals surface area (Å²) in [5, 5.41) is 19.0. The van der Waals surface area contributed by atoms with Gasteiger partial charge in [-0.2, -0.15) is 5.26 Å². The first-order chi connectivity index (χ1) is 7.20. The zero-order valence-electron chi connectivity index (χ0n) is 9.27. The van der Waals surface area contributed by atoms with Crippen molar-refractivity contribution in [3.63, 3.8) is 0 Å². The Kier molecular flexibility index (Phi) is 4.33. The van der Waals surface area contributed by atoms with Crippen molar-refractivity contribution in [3.8, 4) is 6.07 Å². The first-order valence-corrected chi connectivity index (χ1v) is 5.34. The number of hydrogen-bond acceptors (Lipinski definition) is 2. The molecule has 1 aromatic rings. The van der Waals surface area contributed by atoms with Crippen LogP contribution in [0.25, 0.3) is 0 Å². The van der Waals surface area contributed by atoms with Gasteiger partial charge in [-0.1, -0.05) is 37.6 Å². The molecular weight excluding hydrogens is 186 g/mol. The molecule has 0 saturated heterocycles. The second-order valence-corrected chi connectivity index (χ2v) is 3.83. The molecule has 0 radical (unpaired) electrons. The maximum atomic E-state index is 10.1. The van der Waals surface area contributed by atoms with Crippen LogP contribution in [-0.2, 0) is 0 Å². The highest BCUT2D eigenvalue weighted by molar-refractivity contribution is 5.28. The van der Waals surface area contributed by atoms with Gasteiger partial charge in [-0.3, -0.25) is 0 Å². The molecule has 0 amide bonds. The van der Waals surface area contributed by atoms with Crippen LogP contribution in [0.5, 0.6) is 0 Å². The van der Waals surface area contributed by atoms with Crippen molar-refractivity contribution in [2.75, 3.05) is 0 Å². The molecule has 0 saturated carbocycles. The number of hydrogen-bond donors (Lipinski definition) is 1. The van der Waals surface area contributed by atoms with E-state index in [0.29, 0.717) is 0 Å². The molecule has 0 aliphatic heterocycles. The summed E-state index contributed by atoms with van der Waals surface area (Å²) in [6.45, 7) is 3.98. The SMILES string of the molecule is CCCC(C#N)C(O)c1ccccc1C. The Morgan fingerprint density at radius 2 is 2.07 bits per heavy atom. The number of aliphatic hydroxyl groups excluding tert-OH is 1. The third-order valence-electron chi connectivity index (χ3n) is 2.65. The Hall–Kier alpha value is -1.33. The minimum atomic E-state index is -0.656. The lowest BCUT2D eigenvalue weighted by Crippen LogP contribution is -2.11. The third kappa shape index (κ3) is 2.81. The minimum Gasteiger partial charge on any atom is -0.387 e. The molecule has 15 heavy (non-hydrogen) atoms. The summed E-state index contributed by atoms with van der Waals surface area (Å²) in [7, 11) is 0. The predicted molar refractivity (Wildman–Crippen MR) is 60.1 cm³/mol. The molecule has 0 fully saturated rings. The van der Waals surface area contributed by atoms with E-state index in [0.717, 1.165) is 24.0 Å². The lowest BCUT2D eigenvalue weighted by atomic mass is 9.91. The first-order valence-electron chi connectivity index (χ1n) is 5.34. The van der Waals surface area contributed by atoms with Crippen LogP contribution >= 0.6 is 0 Å². The van der Waals surface area contributed by atoms with Crippen LogP contribution in [0.1, 0.15) is 37.0 Å². The van der Waals surface area contributed by atoms with Crippen LogP contribution in [0.4, 0.5) is 0 Å². The Labute approximate surface area is 91.2 Å². The Morgan fingerprint density at radius 1 is 1.40 bits per heavy atom. The van der Waals surface area contributed by atoms with E-state index in [1.807, 2.05) is 38.1 Å². The predicted octanol–water partition coefficient (Wildman–Crippen LogP) is 2.97. The third-order valence-corrected chi connectivity index (χ3v) is 2.65. The van der Waals surface area contributed by atoms with Gasteiger partial charge in [0, 0.05) is 0 Å². The molecule has 1 rings (SSSR count). The second-order valence-electron chi connectivity index (χ2n) is 3.83. The van der Waals surface area contributed by atoms with Crippen molar-refractivity contribution >= 4 is 0 Å². The van der Waals surface area contributed by atoms with Gasteiger partial charge in [-0.15, -0.1) is 0 Å². The monoisotopic (exact) mass is 203 g/mol. The van der Waals surface area contributed by atoms with Gasteiger partial charge in [-0.05, 0) is 24.5 Å². The molecule has 0 aromatic heterocycles. The molecule has 2 heteroatoms. The van der Waals surface area contributed by atoms with E-state index in [9.17, 15) is 5.11 Å². The lowest BCUT2D eigenvalue weighted by molar-refractivity contribution is 0.129. The highest BCUT2D eigenvalue weighted by atomic mass is 16.3.